The Balaban J connectivity index is 3.02. The molecule has 0 amide bonds. The van der Waals surface area contributed by atoms with E-state index in [1.54, 1.807) is 6.92 Å². The van der Waals surface area contributed by atoms with Gasteiger partial charge in [0.2, 0.25) is 5.13 Å². The largest absolute Gasteiger partial charge is 0.348 e. The van der Waals surface area contributed by atoms with Crippen molar-refractivity contribution in [1.29, 1.82) is 0 Å². The van der Waals surface area contributed by atoms with Crippen molar-refractivity contribution in [2.45, 2.75) is 6.92 Å². The van der Waals surface area contributed by atoms with Crippen LogP contribution in [0.15, 0.2) is 4.99 Å². The molecule has 0 fully saturated rings. The molecule has 0 aliphatic heterocycles. The summed E-state index contributed by atoms with van der Waals surface area (Å²) in [7, 11) is 0. The number of hydrogen-bond donors (Lipinski definition) is 0. The number of aliphatic imine (C=N–C) groups is 1. The van der Waals surface area contributed by atoms with Gasteiger partial charge in [-0.1, -0.05) is 0 Å². The average molecular weight is 263 g/mol. The maximum Gasteiger partial charge on any atom is 0.348 e. The molecular weight excluding hydrogens is 254 g/mol. The fourth-order valence-electron chi connectivity index (χ4n) is 0.844. The molecule has 5 nitrogen and oxygen atoms in total. The van der Waals surface area contributed by atoms with Crippen LogP contribution in [0.3, 0.4) is 0 Å². The first-order valence-corrected chi connectivity index (χ1v) is 7.13. The van der Waals surface area contributed by atoms with Gasteiger partial charge >= 0.3 is 5.00 Å². The summed E-state index contributed by atoms with van der Waals surface area (Å²) in [6.07, 6.45) is 3.81. The molecule has 0 saturated heterocycles. The number of nitrogens with zero attached hydrogens (tertiary/aromatic N) is 3. The molecule has 0 aliphatic carbocycles. The number of rotatable bonds is 2. The van der Waals surface area contributed by atoms with Crippen molar-refractivity contribution in [3.63, 3.8) is 0 Å². The van der Waals surface area contributed by atoms with Crippen molar-refractivity contribution in [2.24, 2.45) is 4.99 Å². The lowest BCUT2D eigenvalue weighted by Gasteiger charge is -1.93. The standard InChI is InChI=1S/C7H9N3O2S3/c1-4-5(10(11)12)15-6(8-4)9-7(13-2)14-3/h1-3H3. The zero-order valence-electron chi connectivity index (χ0n) is 8.38. The van der Waals surface area contributed by atoms with E-state index in [9.17, 15) is 10.1 Å². The molecule has 15 heavy (non-hydrogen) atoms. The Morgan fingerprint density at radius 1 is 1.53 bits per heavy atom. The first-order chi connectivity index (χ1) is 7.08. The Morgan fingerprint density at radius 3 is 2.53 bits per heavy atom. The number of aryl methyl sites for hydroxylation is 1. The first-order valence-electron chi connectivity index (χ1n) is 3.87. The van der Waals surface area contributed by atoms with Crippen LogP contribution in [0.2, 0.25) is 0 Å². The predicted octanol–water partition coefficient (Wildman–Crippen LogP) is 3.07. The SMILES string of the molecule is CSC(=Nc1nc(C)c([N+](=O)[O-])s1)SC. The summed E-state index contributed by atoms with van der Waals surface area (Å²) in [5.41, 5.74) is 0.422. The lowest BCUT2D eigenvalue weighted by molar-refractivity contribution is -0.380. The minimum atomic E-state index is -0.427. The minimum Gasteiger partial charge on any atom is -0.257 e. The lowest BCUT2D eigenvalue weighted by Crippen LogP contribution is -1.85. The van der Waals surface area contributed by atoms with E-state index in [2.05, 4.69) is 9.98 Å². The maximum absolute atomic E-state index is 10.6. The highest BCUT2D eigenvalue weighted by Gasteiger charge is 2.17. The van der Waals surface area contributed by atoms with E-state index in [4.69, 9.17) is 0 Å². The monoisotopic (exact) mass is 263 g/mol. The van der Waals surface area contributed by atoms with Crippen molar-refractivity contribution < 1.29 is 4.92 Å². The van der Waals surface area contributed by atoms with Crippen molar-refractivity contribution in [3.8, 4) is 0 Å². The van der Waals surface area contributed by atoms with E-state index < -0.39 is 4.92 Å². The molecule has 0 N–H and O–H groups in total. The highest BCUT2D eigenvalue weighted by atomic mass is 32.2. The first kappa shape index (κ1) is 12.5. The lowest BCUT2D eigenvalue weighted by atomic mass is 10.5. The van der Waals surface area contributed by atoms with Crippen LogP contribution in [0, 0.1) is 17.0 Å². The van der Waals surface area contributed by atoms with Gasteiger partial charge in [-0.3, -0.25) is 10.1 Å². The van der Waals surface area contributed by atoms with E-state index in [-0.39, 0.29) is 5.00 Å². The van der Waals surface area contributed by atoms with Gasteiger partial charge in [-0.25, -0.2) is 9.98 Å². The summed E-state index contributed by atoms with van der Waals surface area (Å²) in [5, 5.41) is 11.1. The highest BCUT2D eigenvalue weighted by molar-refractivity contribution is 8.38. The van der Waals surface area contributed by atoms with E-state index in [1.807, 2.05) is 12.5 Å². The van der Waals surface area contributed by atoms with Gasteiger partial charge in [-0.15, -0.1) is 23.5 Å². The number of thioether (sulfide) groups is 2. The molecule has 1 rings (SSSR count). The summed E-state index contributed by atoms with van der Waals surface area (Å²) >= 11 is 4.00. The normalized spacial score (nSPS) is 10.1. The summed E-state index contributed by atoms with van der Waals surface area (Å²) < 4.78 is 0.846. The van der Waals surface area contributed by atoms with Crippen molar-refractivity contribution >= 4 is 49.4 Å². The molecule has 82 valence electrons. The van der Waals surface area contributed by atoms with Crippen LogP contribution in [0.5, 0.6) is 0 Å². The third-order valence-corrected chi connectivity index (χ3v) is 4.35. The topological polar surface area (TPSA) is 68.4 Å². The summed E-state index contributed by atoms with van der Waals surface area (Å²) in [6.45, 7) is 1.62. The van der Waals surface area contributed by atoms with Gasteiger partial charge in [0.05, 0.1) is 4.92 Å². The van der Waals surface area contributed by atoms with E-state index >= 15 is 0 Å². The van der Waals surface area contributed by atoms with E-state index in [0.717, 1.165) is 15.7 Å². The van der Waals surface area contributed by atoms with Crippen LogP contribution in [0.1, 0.15) is 5.69 Å². The number of nitro groups is 1. The summed E-state index contributed by atoms with van der Waals surface area (Å²) in [5.74, 6) is 0. The quantitative estimate of drug-likeness (QED) is 0.355. The molecule has 0 saturated carbocycles. The molecule has 0 spiro atoms. The van der Waals surface area contributed by atoms with Gasteiger partial charge in [0.25, 0.3) is 0 Å². The molecule has 8 heteroatoms. The molecule has 1 heterocycles. The van der Waals surface area contributed by atoms with Gasteiger partial charge in [0, 0.05) is 0 Å². The Morgan fingerprint density at radius 2 is 2.13 bits per heavy atom. The Hall–Kier alpha value is -0.600. The second-order valence-electron chi connectivity index (χ2n) is 2.43. The summed E-state index contributed by atoms with van der Waals surface area (Å²) in [6, 6.07) is 0. The predicted molar refractivity (Wildman–Crippen MR) is 67.6 cm³/mol. The van der Waals surface area contributed by atoms with E-state index in [1.165, 1.54) is 23.5 Å². The molecule has 0 unspecified atom stereocenters. The van der Waals surface area contributed by atoms with Crippen molar-refractivity contribution in [2.75, 3.05) is 12.5 Å². The maximum atomic E-state index is 10.6. The third-order valence-electron chi connectivity index (χ3n) is 1.46. The van der Waals surface area contributed by atoms with Gasteiger partial charge < -0.3 is 0 Å². The number of thiazole rings is 1. The molecule has 0 radical (unpaired) electrons. The van der Waals surface area contributed by atoms with Crippen LogP contribution >= 0.6 is 34.9 Å². The van der Waals surface area contributed by atoms with Gasteiger partial charge in [0.1, 0.15) is 10.1 Å². The number of hydrogen-bond acceptors (Lipinski definition) is 7. The van der Waals surface area contributed by atoms with Crippen LogP contribution in [0.25, 0.3) is 0 Å². The van der Waals surface area contributed by atoms with Gasteiger partial charge in [-0.05, 0) is 30.8 Å². The van der Waals surface area contributed by atoms with Crippen LogP contribution in [-0.2, 0) is 0 Å². The third kappa shape index (κ3) is 3.18. The Kier molecular flexibility index (Phi) is 4.55. The fourth-order valence-corrected chi connectivity index (χ4v) is 2.74. The zero-order chi connectivity index (χ0) is 11.4. The smallest absolute Gasteiger partial charge is 0.257 e. The minimum absolute atomic E-state index is 0.0651. The molecular formula is C7H9N3O2S3. The second kappa shape index (κ2) is 5.47. The van der Waals surface area contributed by atoms with Crippen LogP contribution in [0.4, 0.5) is 10.1 Å². The zero-order valence-corrected chi connectivity index (χ0v) is 10.8. The fraction of sp³-hybridized carbons (Fsp3) is 0.429. The second-order valence-corrected chi connectivity index (χ2v) is 5.23. The molecule has 0 bridgehead atoms. The molecule has 0 aromatic carbocycles. The van der Waals surface area contributed by atoms with Crippen LogP contribution in [-0.4, -0.2) is 26.8 Å². The molecule has 1 aromatic rings. The van der Waals surface area contributed by atoms with Gasteiger partial charge in [0.15, 0.2) is 0 Å². The molecule has 1 aromatic heterocycles. The number of aromatic nitrogens is 1. The average Bonchev–Trinajstić information content (AvgIpc) is 2.56. The highest BCUT2D eigenvalue weighted by Crippen LogP contribution is 2.32. The van der Waals surface area contributed by atoms with Crippen molar-refractivity contribution in [1.82, 2.24) is 4.98 Å². The molecule has 0 atom stereocenters. The van der Waals surface area contributed by atoms with Crippen LogP contribution < -0.4 is 0 Å². The Bertz CT molecular complexity index is 396. The van der Waals surface area contributed by atoms with Crippen molar-refractivity contribution in [3.05, 3.63) is 15.8 Å². The molecule has 0 aliphatic rings. The Labute approximate surface area is 99.5 Å². The van der Waals surface area contributed by atoms with Gasteiger partial charge in [-0.2, -0.15) is 0 Å². The summed E-state index contributed by atoms with van der Waals surface area (Å²) in [4.78, 5) is 18.4. The van der Waals surface area contributed by atoms with E-state index in [0.29, 0.717) is 10.8 Å².